The van der Waals surface area contributed by atoms with Crippen LogP contribution in [0.1, 0.15) is 12.0 Å². The maximum Gasteiger partial charge on any atom is 0.122 e. The third-order valence-electron chi connectivity index (χ3n) is 3.37. The molecule has 100 valence electrons. The Kier molecular flexibility index (Phi) is 5.29. The van der Waals surface area contributed by atoms with E-state index in [4.69, 9.17) is 16.3 Å². The minimum Gasteiger partial charge on any atom is -0.496 e. The summed E-state index contributed by atoms with van der Waals surface area (Å²) in [4.78, 5) is 2.50. The molecule has 2 rings (SSSR count). The molecular weight excluding hydrogens is 248 g/mol. The standard InChI is InChI=1S/C14H21ClN2O/c1-18-14-4-3-13(15)11-12(14)5-9-17-8-2-6-16-7-10-17/h3-4,11,16H,2,5-10H2,1H3. The Labute approximate surface area is 114 Å². The molecule has 0 unspecified atom stereocenters. The lowest BCUT2D eigenvalue weighted by atomic mass is 10.1. The van der Waals surface area contributed by atoms with Crippen LogP contribution < -0.4 is 10.1 Å². The van der Waals surface area contributed by atoms with Crippen molar-refractivity contribution in [3.63, 3.8) is 0 Å². The quantitative estimate of drug-likeness (QED) is 0.906. The molecular formula is C14H21ClN2O. The summed E-state index contributed by atoms with van der Waals surface area (Å²) < 4.78 is 5.38. The van der Waals surface area contributed by atoms with Crippen molar-refractivity contribution in [2.75, 3.05) is 39.8 Å². The molecule has 0 bridgehead atoms. The Morgan fingerprint density at radius 1 is 1.33 bits per heavy atom. The van der Waals surface area contributed by atoms with Crippen molar-refractivity contribution in [1.82, 2.24) is 10.2 Å². The van der Waals surface area contributed by atoms with Gasteiger partial charge in [0, 0.05) is 24.7 Å². The van der Waals surface area contributed by atoms with Gasteiger partial charge in [0.1, 0.15) is 5.75 Å². The second-order valence-electron chi connectivity index (χ2n) is 4.65. The molecule has 4 heteroatoms. The predicted molar refractivity (Wildman–Crippen MR) is 75.6 cm³/mol. The van der Waals surface area contributed by atoms with E-state index in [1.807, 2.05) is 18.2 Å². The van der Waals surface area contributed by atoms with Crippen LogP contribution in [0.15, 0.2) is 18.2 Å². The highest BCUT2D eigenvalue weighted by Gasteiger charge is 2.10. The van der Waals surface area contributed by atoms with Crippen molar-refractivity contribution in [2.45, 2.75) is 12.8 Å². The number of rotatable bonds is 4. The number of benzene rings is 1. The van der Waals surface area contributed by atoms with E-state index in [9.17, 15) is 0 Å². The molecule has 18 heavy (non-hydrogen) atoms. The molecule has 1 N–H and O–H groups in total. The lowest BCUT2D eigenvalue weighted by molar-refractivity contribution is 0.294. The van der Waals surface area contributed by atoms with Gasteiger partial charge in [0.15, 0.2) is 0 Å². The first-order valence-corrected chi connectivity index (χ1v) is 6.93. The van der Waals surface area contributed by atoms with Crippen molar-refractivity contribution in [3.8, 4) is 5.75 Å². The highest BCUT2D eigenvalue weighted by atomic mass is 35.5. The zero-order chi connectivity index (χ0) is 12.8. The smallest absolute Gasteiger partial charge is 0.122 e. The average molecular weight is 269 g/mol. The Bertz CT molecular complexity index is 376. The molecule has 1 aliphatic rings. The Hall–Kier alpha value is -0.770. The summed E-state index contributed by atoms with van der Waals surface area (Å²) in [6, 6.07) is 5.83. The van der Waals surface area contributed by atoms with E-state index in [2.05, 4.69) is 10.2 Å². The van der Waals surface area contributed by atoms with Gasteiger partial charge < -0.3 is 15.0 Å². The fourth-order valence-corrected chi connectivity index (χ4v) is 2.54. The lowest BCUT2D eigenvalue weighted by Gasteiger charge is -2.20. The lowest BCUT2D eigenvalue weighted by Crippen LogP contribution is -2.30. The summed E-state index contributed by atoms with van der Waals surface area (Å²) >= 11 is 6.04. The van der Waals surface area contributed by atoms with Crippen LogP contribution in [0.5, 0.6) is 5.75 Å². The van der Waals surface area contributed by atoms with Gasteiger partial charge >= 0.3 is 0 Å². The summed E-state index contributed by atoms with van der Waals surface area (Å²) in [5.41, 5.74) is 1.20. The number of hydrogen-bond donors (Lipinski definition) is 1. The van der Waals surface area contributed by atoms with Crippen LogP contribution in [-0.2, 0) is 6.42 Å². The molecule has 1 heterocycles. The highest BCUT2D eigenvalue weighted by molar-refractivity contribution is 6.30. The monoisotopic (exact) mass is 268 g/mol. The minimum atomic E-state index is 0.781. The Morgan fingerprint density at radius 3 is 3.06 bits per heavy atom. The van der Waals surface area contributed by atoms with Crippen LogP contribution in [0.3, 0.4) is 0 Å². The molecule has 1 fully saturated rings. The van der Waals surface area contributed by atoms with Crippen LogP contribution in [0.25, 0.3) is 0 Å². The van der Waals surface area contributed by atoms with E-state index in [0.717, 1.165) is 43.4 Å². The first-order valence-electron chi connectivity index (χ1n) is 6.55. The summed E-state index contributed by atoms with van der Waals surface area (Å²) in [5.74, 6) is 0.937. The topological polar surface area (TPSA) is 24.5 Å². The first kappa shape index (κ1) is 13.7. The molecule has 1 aromatic carbocycles. The predicted octanol–water partition coefficient (Wildman–Crippen LogP) is 2.19. The van der Waals surface area contributed by atoms with E-state index >= 15 is 0 Å². The summed E-state index contributed by atoms with van der Waals surface area (Å²) in [6.07, 6.45) is 2.22. The summed E-state index contributed by atoms with van der Waals surface area (Å²) in [5, 5.41) is 4.20. The highest BCUT2D eigenvalue weighted by Crippen LogP contribution is 2.23. The number of nitrogens with one attached hydrogen (secondary N) is 1. The SMILES string of the molecule is COc1ccc(Cl)cc1CCN1CCCNCC1. The number of hydrogen-bond acceptors (Lipinski definition) is 3. The zero-order valence-corrected chi connectivity index (χ0v) is 11.7. The number of methoxy groups -OCH3 is 1. The van der Waals surface area contributed by atoms with Gasteiger partial charge in [-0.15, -0.1) is 0 Å². The van der Waals surface area contributed by atoms with E-state index in [1.54, 1.807) is 7.11 Å². The summed E-state index contributed by atoms with van der Waals surface area (Å²) in [7, 11) is 1.71. The van der Waals surface area contributed by atoms with Gasteiger partial charge in [-0.2, -0.15) is 0 Å². The van der Waals surface area contributed by atoms with Crippen LogP contribution >= 0.6 is 11.6 Å². The van der Waals surface area contributed by atoms with Gasteiger partial charge in [0.05, 0.1) is 7.11 Å². The van der Waals surface area contributed by atoms with E-state index in [0.29, 0.717) is 0 Å². The number of nitrogens with zero attached hydrogens (tertiary/aromatic N) is 1. The molecule has 0 aliphatic carbocycles. The molecule has 0 amide bonds. The number of ether oxygens (including phenoxy) is 1. The number of halogens is 1. The normalized spacial score (nSPS) is 17.4. The molecule has 0 spiro atoms. The molecule has 1 aliphatic heterocycles. The van der Waals surface area contributed by atoms with Crippen molar-refractivity contribution < 1.29 is 4.74 Å². The van der Waals surface area contributed by atoms with Crippen molar-refractivity contribution in [1.29, 1.82) is 0 Å². The molecule has 0 radical (unpaired) electrons. The van der Waals surface area contributed by atoms with Gasteiger partial charge in [0.25, 0.3) is 0 Å². The van der Waals surface area contributed by atoms with E-state index in [1.165, 1.54) is 18.5 Å². The third-order valence-corrected chi connectivity index (χ3v) is 3.61. The second-order valence-corrected chi connectivity index (χ2v) is 5.09. The fraction of sp³-hybridized carbons (Fsp3) is 0.571. The Balaban J connectivity index is 1.94. The summed E-state index contributed by atoms with van der Waals surface area (Å²) in [6.45, 7) is 5.60. The van der Waals surface area contributed by atoms with Crippen LogP contribution in [-0.4, -0.2) is 44.7 Å². The van der Waals surface area contributed by atoms with Gasteiger partial charge in [-0.05, 0) is 49.7 Å². The molecule has 1 aromatic rings. The minimum absolute atomic E-state index is 0.781. The van der Waals surface area contributed by atoms with Gasteiger partial charge in [-0.1, -0.05) is 11.6 Å². The zero-order valence-electron chi connectivity index (χ0n) is 10.9. The first-order chi connectivity index (χ1) is 8.79. The second kappa shape index (κ2) is 6.98. The van der Waals surface area contributed by atoms with Crippen LogP contribution in [0, 0.1) is 0 Å². The molecule has 0 atom stereocenters. The largest absolute Gasteiger partial charge is 0.496 e. The maximum absolute atomic E-state index is 6.04. The molecule has 0 aromatic heterocycles. The van der Waals surface area contributed by atoms with Crippen molar-refractivity contribution >= 4 is 11.6 Å². The van der Waals surface area contributed by atoms with Crippen LogP contribution in [0.4, 0.5) is 0 Å². The molecule has 1 saturated heterocycles. The average Bonchev–Trinajstić information content (AvgIpc) is 2.65. The van der Waals surface area contributed by atoms with Crippen LogP contribution in [0.2, 0.25) is 5.02 Å². The van der Waals surface area contributed by atoms with Gasteiger partial charge in [0.2, 0.25) is 0 Å². The Morgan fingerprint density at radius 2 is 2.22 bits per heavy atom. The van der Waals surface area contributed by atoms with Gasteiger partial charge in [-0.25, -0.2) is 0 Å². The molecule has 0 saturated carbocycles. The fourth-order valence-electron chi connectivity index (χ4n) is 2.35. The molecule has 3 nitrogen and oxygen atoms in total. The van der Waals surface area contributed by atoms with Crippen molar-refractivity contribution in [3.05, 3.63) is 28.8 Å². The van der Waals surface area contributed by atoms with Gasteiger partial charge in [-0.3, -0.25) is 0 Å². The van der Waals surface area contributed by atoms with E-state index < -0.39 is 0 Å². The maximum atomic E-state index is 6.04. The van der Waals surface area contributed by atoms with Crippen molar-refractivity contribution in [2.24, 2.45) is 0 Å². The third kappa shape index (κ3) is 3.87. The van der Waals surface area contributed by atoms with E-state index in [-0.39, 0.29) is 0 Å².